The van der Waals surface area contributed by atoms with Crippen LogP contribution in [0, 0.1) is 0 Å². The van der Waals surface area contributed by atoms with Gasteiger partial charge in [-0.3, -0.25) is 4.79 Å². The quantitative estimate of drug-likeness (QED) is 0.584. The molecule has 0 spiro atoms. The van der Waals surface area contributed by atoms with Crippen LogP contribution in [0.25, 0.3) is 6.08 Å². The van der Waals surface area contributed by atoms with Crippen LogP contribution in [-0.4, -0.2) is 38.0 Å². The number of esters is 1. The first-order valence-electron chi connectivity index (χ1n) is 8.24. The second-order valence-electron chi connectivity index (χ2n) is 5.47. The minimum atomic E-state index is -0.506. The third-order valence-electron chi connectivity index (χ3n) is 3.58. The van der Waals surface area contributed by atoms with Crippen molar-refractivity contribution >= 4 is 35.2 Å². The van der Waals surface area contributed by atoms with E-state index in [2.05, 4.69) is 10.3 Å². The zero-order valence-corrected chi connectivity index (χ0v) is 15.7. The molecule has 0 unspecified atom stereocenters. The van der Waals surface area contributed by atoms with Crippen molar-refractivity contribution in [2.24, 2.45) is 4.99 Å². The molecule has 0 fully saturated rings. The normalized spacial score (nSPS) is 14.7. The number of methoxy groups -OCH3 is 1. The molecular weight excluding hydrogens is 368 g/mol. The molecule has 1 amide bonds. The lowest BCUT2D eigenvalue weighted by atomic mass is 10.1. The zero-order chi connectivity index (χ0) is 19.2. The van der Waals surface area contributed by atoms with E-state index in [1.807, 2.05) is 24.4 Å². The van der Waals surface area contributed by atoms with Gasteiger partial charge >= 0.3 is 5.97 Å². The third-order valence-corrected chi connectivity index (χ3v) is 4.43. The van der Waals surface area contributed by atoms with Crippen LogP contribution in [0.2, 0.25) is 0 Å². The van der Waals surface area contributed by atoms with Crippen LogP contribution in [0.1, 0.15) is 17.4 Å². The van der Waals surface area contributed by atoms with E-state index in [1.54, 1.807) is 24.3 Å². The van der Waals surface area contributed by atoms with E-state index in [9.17, 15) is 9.59 Å². The van der Waals surface area contributed by atoms with Gasteiger partial charge in [0, 0.05) is 6.54 Å². The number of nitrogens with zero attached hydrogens (tertiary/aromatic N) is 1. The van der Waals surface area contributed by atoms with Crippen molar-refractivity contribution < 1.29 is 23.8 Å². The maximum absolute atomic E-state index is 12.0. The van der Waals surface area contributed by atoms with Gasteiger partial charge in [-0.05, 0) is 42.1 Å². The monoisotopic (exact) mass is 386 g/mol. The van der Waals surface area contributed by atoms with Crippen molar-refractivity contribution in [1.29, 1.82) is 0 Å². The van der Waals surface area contributed by atoms with Gasteiger partial charge in [-0.1, -0.05) is 12.1 Å². The number of hydrogen-bond donors (Lipinski definition) is 1. The molecule has 0 atom stereocenters. The summed E-state index contributed by atoms with van der Waals surface area (Å²) in [5.74, 6) is 0.462. The van der Waals surface area contributed by atoms with Crippen molar-refractivity contribution in [3.63, 3.8) is 0 Å². The summed E-state index contributed by atoms with van der Waals surface area (Å²) in [5, 5.41) is 4.54. The molecule has 1 aliphatic rings. The van der Waals surface area contributed by atoms with E-state index in [-0.39, 0.29) is 18.2 Å². The van der Waals surface area contributed by atoms with Gasteiger partial charge in [0.15, 0.2) is 23.8 Å². The lowest BCUT2D eigenvalue weighted by Crippen LogP contribution is -2.28. The zero-order valence-electron chi connectivity index (χ0n) is 14.9. The van der Waals surface area contributed by atoms with Gasteiger partial charge in [-0.15, -0.1) is 11.3 Å². The van der Waals surface area contributed by atoms with Crippen molar-refractivity contribution in [1.82, 2.24) is 5.32 Å². The molecule has 0 saturated carbocycles. The summed E-state index contributed by atoms with van der Waals surface area (Å²) < 4.78 is 16.0. The van der Waals surface area contributed by atoms with Crippen LogP contribution in [0.15, 0.2) is 46.4 Å². The molecule has 1 aromatic carbocycles. The van der Waals surface area contributed by atoms with Crippen LogP contribution in [0.3, 0.4) is 0 Å². The number of thiophene rings is 1. The maximum atomic E-state index is 12.0. The molecular formula is C19H18N2O5S. The standard InChI is InChI=1S/C19H18N2O5S/c1-3-20-17(22)11-25-14-7-6-12(10-15(14)24-2)9-13-19(23)26-18(21-13)16-5-4-8-27-16/h4-10H,3,11H2,1-2H3,(H,20,22)/b13-9-. The molecule has 8 heteroatoms. The lowest BCUT2D eigenvalue weighted by molar-refractivity contribution is -0.130. The number of nitrogens with one attached hydrogen (secondary N) is 1. The van der Waals surface area contributed by atoms with Gasteiger partial charge in [-0.2, -0.15) is 0 Å². The molecule has 0 radical (unpaired) electrons. The van der Waals surface area contributed by atoms with Gasteiger partial charge in [0.05, 0.1) is 12.0 Å². The number of aliphatic imine (C=N–C) groups is 1. The molecule has 0 saturated heterocycles. The average molecular weight is 386 g/mol. The molecule has 2 aromatic rings. The number of amides is 1. The first kappa shape index (κ1) is 18.7. The molecule has 3 rings (SSSR count). The van der Waals surface area contributed by atoms with E-state index in [4.69, 9.17) is 14.2 Å². The first-order chi connectivity index (χ1) is 13.1. The molecule has 1 N–H and O–H groups in total. The number of hydrogen-bond acceptors (Lipinski definition) is 7. The van der Waals surface area contributed by atoms with Crippen molar-refractivity contribution in [3.8, 4) is 11.5 Å². The summed E-state index contributed by atoms with van der Waals surface area (Å²) in [6.07, 6.45) is 1.61. The van der Waals surface area contributed by atoms with Crippen LogP contribution in [0.4, 0.5) is 0 Å². The van der Waals surface area contributed by atoms with Crippen molar-refractivity contribution in [2.75, 3.05) is 20.3 Å². The average Bonchev–Trinajstić information content (AvgIpc) is 3.31. The largest absolute Gasteiger partial charge is 0.493 e. The number of ether oxygens (including phenoxy) is 3. The van der Waals surface area contributed by atoms with Gasteiger partial charge in [0.2, 0.25) is 5.90 Å². The second-order valence-corrected chi connectivity index (χ2v) is 6.41. The molecule has 27 heavy (non-hydrogen) atoms. The number of cyclic esters (lactones) is 1. The fourth-order valence-electron chi connectivity index (χ4n) is 2.36. The fourth-order valence-corrected chi connectivity index (χ4v) is 3.01. The highest BCUT2D eigenvalue weighted by molar-refractivity contribution is 7.12. The number of benzene rings is 1. The topological polar surface area (TPSA) is 86.2 Å². The van der Waals surface area contributed by atoms with Crippen LogP contribution in [0.5, 0.6) is 11.5 Å². The predicted octanol–water partition coefficient (Wildman–Crippen LogP) is 2.62. The van der Waals surface area contributed by atoms with Crippen molar-refractivity contribution in [3.05, 3.63) is 51.8 Å². The molecule has 0 aliphatic carbocycles. The van der Waals surface area contributed by atoms with Gasteiger partial charge in [-0.25, -0.2) is 9.79 Å². The Morgan fingerprint density at radius 2 is 2.19 bits per heavy atom. The summed E-state index contributed by atoms with van der Waals surface area (Å²) in [7, 11) is 1.50. The van der Waals surface area contributed by atoms with Crippen LogP contribution < -0.4 is 14.8 Å². The van der Waals surface area contributed by atoms with E-state index >= 15 is 0 Å². The van der Waals surface area contributed by atoms with Crippen LogP contribution in [-0.2, 0) is 14.3 Å². The van der Waals surface area contributed by atoms with Crippen LogP contribution >= 0.6 is 11.3 Å². The molecule has 0 bridgehead atoms. The number of likely N-dealkylation sites (N-methyl/N-ethyl adjacent to an activating group) is 1. The maximum Gasteiger partial charge on any atom is 0.363 e. The Labute approximate surface area is 160 Å². The summed E-state index contributed by atoms with van der Waals surface area (Å²) in [6, 6.07) is 8.82. The Balaban J connectivity index is 1.78. The summed E-state index contributed by atoms with van der Waals surface area (Å²) in [5.41, 5.74) is 0.900. The minimum absolute atomic E-state index is 0.106. The molecule has 140 valence electrons. The predicted molar refractivity (Wildman–Crippen MR) is 102 cm³/mol. The lowest BCUT2D eigenvalue weighted by Gasteiger charge is -2.11. The third kappa shape index (κ3) is 4.53. The summed E-state index contributed by atoms with van der Waals surface area (Å²) in [4.78, 5) is 28.6. The van der Waals surface area contributed by atoms with E-state index in [0.29, 0.717) is 29.5 Å². The highest BCUT2D eigenvalue weighted by atomic mass is 32.1. The first-order valence-corrected chi connectivity index (χ1v) is 9.12. The van der Waals surface area contributed by atoms with Crippen molar-refractivity contribution in [2.45, 2.75) is 6.92 Å². The van der Waals surface area contributed by atoms with Gasteiger partial charge < -0.3 is 19.5 Å². The molecule has 2 heterocycles. The SMILES string of the molecule is CCNC(=O)COc1ccc(/C=C2\N=C(c3cccs3)OC2=O)cc1OC. The minimum Gasteiger partial charge on any atom is -0.493 e. The molecule has 1 aliphatic heterocycles. The van der Waals surface area contributed by atoms with E-state index < -0.39 is 5.97 Å². The summed E-state index contributed by atoms with van der Waals surface area (Å²) in [6.45, 7) is 2.27. The fraction of sp³-hybridized carbons (Fsp3) is 0.211. The number of rotatable bonds is 7. The van der Waals surface area contributed by atoms with E-state index in [0.717, 1.165) is 4.88 Å². The smallest absolute Gasteiger partial charge is 0.363 e. The highest BCUT2D eigenvalue weighted by Crippen LogP contribution is 2.30. The number of carbonyl (C=O) groups is 2. The Hall–Kier alpha value is -3.13. The summed E-state index contributed by atoms with van der Waals surface area (Å²) >= 11 is 1.45. The molecule has 1 aromatic heterocycles. The van der Waals surface area contributed by atoms with E-state index in [1.165, 1.54) is 18.4 Å². The van der Waals surface area contributed by atoms with Gasteiger partial charge in [0.1, 0.15) is 0 Å². The Kier molecular flexibility index (Phi) is 5.87. The molecule has 7 nitrogen and oxygen atoms in total. The second kappa shape index (κ2) is 8.50. The Bertz CT molecular complexity index is 903. The number of carbonyl (C=O) groups excluding carboxylic acids is 2. The Morgan fingerprint density at radius 1 is 1.33 bits per heavy atom. The Morgan fingerprint density at radius 3 is 2.89 bits per heavy atom. The highest BCUT2D eigenvalue weighted by Gasteiger charge is 2.24. The van der Waals surface area contributed by atoms with Gasteiger partial charge in [0.25, 0.3) is 5.91 Å².